The summed E-state index contributed by atoms with van der Waals surface area (Å²) in [6.45, 7) is 7.64. The molecule has 5 rings (SSSR count). The number of nitrogen functional groups attached to an aromatic ring is 1. The Kier molecular flexibility index (Phi) is 7.61. The summed E-state index contributed by atoms with van der Waals surface area (Å²) < 4.78 is 5.95. The van der Waals surface area contributed by atoms with E-state index in [4.69, 9.17) is 15.9 Å². The van der Waals surface area contributed by atoms with Crippen LogP contribution in [-0.2, 0) is 9.59 Å². The van der Waals surface area contributed by atoms with Crippen molar-refractivity contribution in [2.75, 3.05) is 6.54 Å². The van der Waals surface area contributed by atoms with Gasteiger partial charge in [-0.05, 0) is 81.0 Å². The fourth-order valence-corrected chi connectivity index (χ4v) is 6.37. The van der Waals surface area contributed by atoms with E-state index in [1.165, 1.54) is 11.3 Å². The summed E-state index contributed by atoms with van der Waals surface area (Å²) in [5, 5.41) is 15.1. The van der Waals surface area contributed by atoms with Crippen LogP contribution in [0.2, 0.25) is 0 Å². The first-order chi connectivity index (χ1) is 19.4. The zero-order chi connectivity index (χ0) is 29.5. The quantitative estimate of drug-likeness (QED) is 0.222. The van der Waals surface area contributed by atoms with E-state index < -0.39 is 6.04 Å². The van der Waals surface area contributed by atoms with E-state index in [0.717, 1.165) is 22.4 Å². The van der Waals surface area contributed by atoms with Crippen LogP contribution < -0.4 is 21.1 Å². The number of amides is 3. The molecule has 2 aliphatic rings. The highest BCUT2D eigenvalue weighted by atomic mass is 32.1. The van der Waals surface area contributed by atoms with Gasteiger partial charge >= 0.3 is 0 Å². The Labute approximate surface area is 243 Å². The number of carbonyl (C=O) groups excluding carboxylic acids is 3. The average molecular weight is 574 g/mol. The molecule has 2 heterocycles. The maximum atomic E-state index is 13.3. The van der Waals surface area contributed by atoms with E-state index in [0.29, 0.717) is 29.0 Å². The number of hydrogen-bond acceptors (Lipinski definition) is 6. The standard InChI is InChI=1S/C31H35N5O4S/c1-17-5-8-22(9-6-17)40-24-10-7-20(11-18(24)2)29(38)34-15-27(37)36-23(13-31(4)14-26(31)36)30(39)35-19(3)25-12-21(16-41-25)28(32)33/h5-12,16,19,23,26H,13-15H2,1-4H3,(H3,32,33)(H,34,38)(H,35,39)/t19-,23+,26+,31-/m1/s1. The number of likely N-dealkylation sites (tertiary alicyclic amines) is 1. The predicted octanol–water partition coefficient (Wildman–Crippen LogP) is 4.43. The van der Waals surface area contributed by atoms with E-state index >= 15 is 0 Å². The molecule has 9 nitrogen and oxygen atoms in total. The minimum absolute atomic E-state index is 0.00976. The van der Waals surface area contributed by atoms with Crippen LogP contribution in [0.3, 0.4) is 0 Å². The largest absolute Gasteiger partial charge is 0.457 e. The molecule has 10 heteroatoms. The van der Waals surface area contributed by atoms with Crippen molar-refractivity contribution in [3.05, 3.63) is 81.0 Å². The molecule has 3 amide bonds. The lowest BCUT2D eigenvalue weighted by Crippen LogP contribution is -2.51. The van der Waals surface area contributed by atoms with Crippen molar-refractivity contribution in [2.24, 2.45) is 11.1 Å². The van der Waals surface area contributed by atoms with Gasteiger partial charge in [0.2, 0.25) is 11.8 Å². The first-order valence-electron chi connectivity index (χ1n) is 13.6. The van der Waals surface area contributed by atoms with E-state index in [2.05, 4.69) is 17.6 Å². The Balaban J connectivity index is 1.19. The van der Waals surface area contributed by atoms with Gasteiger partial charge in [-0.1, -0.05) is 24.6 Å². The number of aryl methyl sites for hydroxylation is 2. The summed E-state index contributed by atoms with van der Waals surface area (Å²) in [7, 11) is 0. The lowest BCUT2D eigenvalue weighted by atomic mass is 10.0. The molecule has 0 spiro atoms. The second-order valence-electron chi connectivity index (χ2n) is 11.4. The molecule has 0 bridgehead atoms. The number of benzene rings is 2. The lowest BCUT2D eigenvalue weighted by Gasteiger charge is -2.28. The number of nitrogens with zero attached hydrogens (tertiary/aromatic N) is 1. The third kappa shape index (κ3) is 5.97. The fourth-order valence-electron chi connectivity index (χ4n) is 5.45. The van der Waals surface area contributed by atoms with Crippen molar-refractivity contribution in [1.82, 2.24) is 15.5 Å². The van der Waals surface area contributed by atoms with Crippen LogP contribution in [0, 0.1) is 24.7 Å². The molecule has 5 N–H and O–H groups in total. The fraction of sp³-hybridized carbons (Fsp3) is 0.355. The smallest absolute Gasteiger partial charge is 0.251 e. The lowest BCUT2D eigenvalue weighted by molar-refractivity contribution is -0.139. The van der Waals surface area contributed by atoms with Crippen molar-refractivity contribution in [3.63, 3.8) is 0 Å². The number of ether oxygens (including phenoxy) is 1. The number of amidine groups is 1. The SMILES string of the molecule is Cc1ccc(Oc2ccc(C(=O)NCC(=O)N3[C@H]4C[C@@]4(C)C[C@H]3C(=O)N[C@H](C)c3cc(C(=N)N)cs3)cc2C)cc1. The number of nitrogens with two attached hydrogens (primary N) is 1. The maximum Gasteiger partial charge on any atom is 0.251 e. The first-order valence-corrected chi connectivity index (χ1v) is 14.5. The predicted molar refractivity (Wildman–Crippen MR) is 158 cm³/mol. The molecule has 0 radical (unpaired) electrons. The van der Waals surface area contributed by atoms with Gasteiger partial charge in [0.25, 0.3) is 5.91 Å². The van der Waals surface area contributed by atoms with E-state index in [-0.39, 0.29) is 47.6 Å². The number of carbonyl (C=O) groups is 3. The van der Waals surface area contributed by atoms with Crippen LogP contribution >= 0.6 is 11.3 Å². The van der Waals surface area contributed by atoms with Crippen LogP contribution in [0.1, 0.15) is 64.7 Å². The molecule has 214 valence electrons. The van der Waals surface area contributed by atoms with Gasteiger partial charge in [-0.25, -0.2) is 0 Å². The van der Waals surface area contributed by atoms with Gasteiger partial charge < -0.3 is 26.0 Å². The number of piperidine rings is 1. The zero-order valence-electron chi connectivity index (χ0n) is 23.6. The number of hydrogen-bond donors (Lipinski definition) is 4. The molecule has 2 aromatic carbocycles. The first kappa shape index (κ1) is 28.4. The second kappa shape index (κ2) is 11.0. The molecule has 2 fully saturated rings. The molecule has 3 aromatic rings. The molecule has 1 aliphatic heterocycles. The highest BCUT2D eigenvalue weighted by Gasteiger charge is 2.64. The molecule has 1 aliphatic carbocycles. The molecular weight excluding hydrogens is 538 g/mol. The minimum atomic E-state index is -0.599. The molecular formula is C31H35N5O4S. The molecule has 1 aromatic heterocycles. The summed E-state index contributed by atoms with van der Waals surface area (Å²) in [6, 6.07) is 13.8. The van der Waals surface area contributed by atoms with Crippen molar-refractivity contribution >= 4 is 34.9 Å². The van der Waals surface area contributed by atoms with Gasteiger partial charge in [0, 0.05) is 27.4 Å². The molecule has 1 saturated carbocycles. The summed E-state index contributed by atoms with van der Waals surface area (Å²) in [5.41, 5.74) is 8.47. The van der Waals surface area contributed by atoms with Gasteiger partial charge in [-0.3, -0.25) is 19.8 Å². The van der Waals surface area contributed by atoms with Crippen LogP contribution in [0.5, 0.6) is 11.5 Å². The maximum absolute atomic E-state index is 13.3. The molecule has 41 heavy (non-hydrogen) atoms. The number of fused-ring (bicyclic) bond motifs is 1. The van der Waals surface area contributed by atoms with Crippen LogP contribution in [0.25, 0.3) is 0 Å². The minimum Gasteiger partial charge on any atom is -0.457 e. The van der Waals surface area contributed by atoms with E-state index in [1.807, 2.05) is 45.0 Å². The Morgan fingerprint density at radius 3 is 2.51 bits per heavy atom. The zero-order valence-corrected chi connectivity index (χ0v) is 24.4. The van der Waals surface area contributed by atoms with Gasteiger partial charge in [-0.2, -0.15) is 0 Å². The van der Waals surface area contributed by atoms with Crippen molar-refractivity contribution in [2.45, 2.75) is 58.7 Å². The summed E-state index contributed by atoms with van der Waals surface area (Å²) in [5.74, 6) is 0.481. The second-order valence-corrected chi connectivity index (χ2v) is 12.3. The van der Waals surface area contributed by atoms with Gasteiger partial charge in [-0.15, -0.1) is 11.3 Å². The Morgan fingerprint density at radius 1 is 1.12 bits per heavy atom. The molecule has 1 saturated heterocycles. The summed E-state index contributed by atoms with van der Waals surface area (Å²) >= 11 is 1.43. The van der Waals surface area contributed by atoms with Crippen molar-refractivity contribution in [3.8, 4) is 11.5 Å². The van der Waals surface area contributed by atoms with Crippen LogP contribution in [0.15, 0.2) is 53.9 Å². The van der Waals surface area contributed by atoms with E-state index in [1.54, 1.807) is 34.5 Å². The average Bonchev–Trinajstić information content (AvgIpc) is 3.26. The number of thiophene rings is 1. The number of nitrogens with one attached hydrogen (secondary N) is 3. The van der Waals surface area contributed by atoms with Crippen molar-refractivity contribution < 1.29 is 19.1 Å². The normalized spacial score (nSPS) is 21.5. The highest BCUT2D eigenvalue weighted by molar-refractivity contribution is 7.10. The van der Waals surface area contributed by atoms with E-state index in [9.17, 15) is 14.4 Å². The number of rotatable bonds is 9. The van der Waals surface area contributed by atoms with Crippen LogP contribution in [-0.4, -0.2) is 47.1 Å². The van der Waals surface area contributed by atoms with Gasteiger partial charge in [0.05, 0.1) is 12.6 Å². The summed E-state index contributed by atoms with van der Waals surface area (Å²) in [6.07, 6.45) is 1.43. The molecule has 4 atom stereocenters. The Bertz CT molecular complexity index is 1520. The van der Waals surface area contributed by atoms with Gasteiger partial charge in [0.15, 0.2) is 0 Å². The highest BCUT2D eigenvalue weighted by Crippen LogP contribution is 2.59. The Morgan fingerprint density at radius 2 is 1.85 bits per heavy atom. The topological polar surface area (TPSA) is 138 Å². The third-order valence-corrected chi connectivity index (χ3v) is 9.14. The van der Waals surface area contributed by atoms with Gasteiger partial charge in [0.1, 0.15) is 23.4 Å². The van der Waals surface area contributed by atoms with Crippen LogP contribution in [0.4, 0.5) is 0 Å². The third-order valence-electron chi connectivity index (χ3n) is 8.03. The Hall–Kier alpha value is -4.18. The monoisotopic (exact) mass is 573 g/mol. The molecule has 0 unspecified atom stereocenters. The summed E-state index contributed by atoms with van der Waals surface area (Å²) in [4.78, 5) is 42.1. The van der Waals surface area contributed by atoms with Crippen molar-refractivity contribution in [1.29, 1.82) is 5.41 Å².